The molecule has 0 unspecified atom stereocenters. The Hall–Kier alpha value is -3.68. The number of phenolic OH excluding ortho intramolecular Hbond substituents is 1. The number of rotatable bonds is 7. The topological polar surface area (TPSA) is 91.7 Å². The van der Waals surface area contributed by atoms with Gasteiger partial charge in [-0.3, -0.25) is 4.79 Å². The van der Waals surface area contributed by atoms with Crippen molar-refractivity contribution in [3.63, 3.8) is 0 Å². The lowest BCUT2D eigenvalue weighted by molar-refractivity contribution is -0.143. The van der Waals surface area contributed by atoms with Gasteiger partial charge in [-0.05, 0) is 73.6 Å². The van der Waals surface area contributed by atoms with Crippen molar-refractivity contribution in [1.82, 2.24) is 4.98 Å². The first kappa shape index (κ1) is 23.5. The Morgan fingerprint density at radius 3 is 2.38 bits per heavy atom. The number of phenols is 1. The molecule has 3 aromatic rings. The summed E-state index contributed by atoms with van der Waals surface area (Å²) in [5.74, 6) is -1.53. The summed E-state index contributed by atoms with van der Waals surface area (Å²) >= 11 is 0. The lowest BCUT2D eigenvalue weighted by Gasteiger charge is -2.26. The minimum Gasteiger partial charge on any atom is -0.507 e. The highest BCUT2D eigenvalue weighted by Crippen LogP contribution is 2.40. The number of halogens is 2. The van der Waals surface area contributed by atoms with Crippen LogP contribution in [0, 0.1) is 23.5 Å². The van der Waals surface area contributed by atoms with E-state index in [4.69, 9.17) is 4.74 Å². The summed E-state index contributed by atoms with van der Waals surface area (Å²) in [5.41, 5.74) is 0.689. The van der Waals surface area contributed by atoms with Crippen LogP contribution in [0.3, 0.4) is 0 Å². The molecular weight excluding hydrogens is 442 g/mol. The number of nitrogens with one attached hydrogen (secondary N) is 1. The Kier molecular flexibility index (Phi) is 6.95. The van der Waals surface area contributed by atoms with E-state index in [9.17, 15) is 23.8 Å². The number of ether oxygens (including phenoxy) is 1. The van der Waals surface area contributed by atoms with Crippen LogP contribution in [0.5, 0.6) is 11.5 Å². The van der Waals surface area contributed by atoms with Gasteiger partial charge in [0, 0.05) is 6.54 Å². The average Bonchev–Trinajstić information content (AvgIpc) is 2.82. The molecule has 178 valence electrons. The van der Waals surface area contributed by atoms with E-state index in [-0.39, 0.29) is 28.7 Å². The van der Waals surface area contributed by atoms with Crippen molar-refractivity contribution < 1.29 is 28.5 Å². The molecular formula is C26H26F2N2O4. The smallest absolute Gasteiger partial charge is 0.306 e. The van der Waals surface area contributed by atoms with Crippen molar-refractivity contribution in [1.29, 1.82) is 0 Å². The van der Waals surface area contributed by atoms with Crippen LogP contribution in [0.4, 0.5) is 14.6 Å². The number of hydrogen-bond acceptors (Lipinski definition) is 5. The summed E-state index contributed by atoms with van der Waals surface area (Å²) in [5, 5.41) is 23.0. The highest BCUT2D eigenvalue weighted by molar-refractivity contribution is 5.80. The van der Waals surface area contributed by atoms with Crippen LogP contribution in [-0.2, 0) is 4.79 Å². The van der Waals surface area contributed by atoms with Gasteiger partial charge in [0.15, 0.2) is 0 Å². The maximum absolute atomic E-state index is 14.6. The van der Waals surface area contributed by atoms with E-state index >= 15 is 0 Å². The van der Waals surface area contributed by atoms with Crippen molar-refractivity contribution in [2.75, 3.05) is 19.0 Å². The number of carboxylic acids is 1. The van der Waals surface area contributed by atoms with Crippen molar-refractivity contribution in [3.8, 4) is 33.9 Å². The van der Waals surface area contributed by atoms with Gasteiger partial charge in [-0.1, -0.05) is 12.1 Å². The van der Waals surface area contributed by atoms with Gasteiger partial charge in [-0.2, -0.15) is 0 Å². The summed E-state index contributed by atoms with van der Waals surface area (Å²) in [6.45, 7) is 0.542. The number of aromatic hydroxyl groups is 1. The van der Waals surface area contributed by atoms with Crippen molar-refractivity contribution >= 4 is 11.8 Å². The lowest BCUT2D eigenvalue weighted by Crippen LogP contribution is -2.25. The average molecular weight is 469 g/mol. The first-order chi connectivity index (χ1) is 16.4. The second-order valence-corrected chi connectivity index (χ2v) is 8.51. The molecule has 0 bridgehead atoms. The molecule has 1 saturated carbocycles. The molecule has 0 radical (unpaired) electrons. The maximum Gasteiger partial charge on any atom is 0.306 e. The number of aliphatic carboxylic acids is 1. The fraction of sp³-hybridized carbons (Fsp3) is 0.308. The summed E-state index contributed by atoms with van der Waals surface area (Å²) in [7, 11) is 1.46. The molecule has 1 heterocycles. The van der Waals surface area contributed by atoms with Crippen molar-refractivity contribution in [3.05, 3.63) is 60.2 Å². The second kappa shape index (κ2) is 10.1. The van der Waals surface area contributed by atoms with Gasteiger partial charge in [-0.25, -0.2) is 13.8 Å². The molecule has 1 fully saturated rings. The van der Waals surface area contributed by atoms with E-state index in [1.165, 1.54) is 37.4 Å². The summed E-state index contributed by atoms with van der Waals surface area (Å²) in [4.78, 5) is 15.8. The van der Waals surface area contributed by atoms with Gasteiger partial charge in [0.1, 0.15) is 29.0 Å². The van der Waals surface area contributed by atoms with Gasteiger partial charge >= 0.3 is 5.97 Å². The maximum atomic E-state index is 14.6. The van der Waals surface area contributed by atoms with Gasteiger partial charge in [0.25, 0.3) is 0 Å². The number of carboxylic acid groups (broad SMARTS) is 1. The number of carbonyl (C=O) groups is 1. The van der Waals surface area contributed by atoms with E-state index in [0.29, 0.717) is 42.2 Å². The molecule has 1 aliphatic carbocycles. The zero-order chi connectivity index (χ0) is 24.2. The first-order valence-electron chi connectivity index (χ1n) is 11.2. The predicted molar refractivity (Wildman–Crippen MR) is 125 cm³/mol. The molecule has 1 aliphatic rings. The van der Waals surface area contributed by atoms with E-state index in [1.54, 1.807) is 18.2 Å². The first-order valence-corrected chi connectivity index (χ1v) is 11.2. The van der Waals surface area contributed by atoms with Gasteiger partial charge in [0.05, 0.1) is 29.8 Å². The highest BCUT2D eigenvalue weighted by Gasteiger charge is 2.26. The highest BCUT2D eigenvalue weighted by atomic mass is 19.1. The number of hydrogen-bond donors (Lipinski definition) is 3. The predicted octanol–water partition coefficient (Wildman–Crippen LogP) is 5.71. The van der Waals surface area contributed by atoms with Gasteiger partial charge in [0.2, 0.25) is 0 Å². The largest absolute Gasteiger partial charge is 0.507 e. The van der Waals surface area contributed by atoms with Crippen LogP contribution in [0.2, 0.25) is 0 Å². The van der Waals surface area contributed by atoms with Crippen LogP contribution in [0.25, 0.3) is 22.4 Å². The lowest BCUT2D eigenvalue weighted by atomic mass is 9.82. The molecule has 0 saturated heterocycles. The Labute approximate surface area is 196 Å². The minimum absolute atomic E-state index is 0.0732. The molecule has 2 aromatic carbocycles. The molecule has 6 nitrogen and oxygen atoms in total. The Balaban J connectivity index is 1.70. The number of methoxy groups -OCH3 is 1. The van der Waals surface area contributed by atoms with Crippen molar-refractivity contribution in [2.45, 2.75) is 25.7 Å². The molecule has 3 N–H and O–H groups in total. The Morgan fingerprint density at radius 1 is 1.06 bits per heavy atom. The Morgan fingerprint density at radius 2 is 1.74 bits per heavy atom. The molecule has 8 heteroatoms. The second-order valence-electron chi connectivity index (χ2n) is 8.51. The number of pyridine rings is 1. The Bertz CT molecular complexity index is 1170. The van der Waals surface area contributed by atoms with Crippen LogP contribution < -0.4 is 10.1 Å². The third-order valence-electron chi connectivity index (χ3n) is 6.32. The normalized spacial score (nSPS) is 17.9. The monoisotopic (exact) mass is 468 g/mol. The van der Waals surface area contributed by atoms with Gasteiger partial charge in [-0.15, -0.1) is 0 Å². The van der Waals surface area contributed by atoms with Crippen LogP contribution >= 0.6 is 0 Å². The standard InChI is InChI=1S/C26H26F2N2O4/c1-34-22-7-3-6-21(31)25(22)20-12-17(24-18(27)4-2-5-19(24)28)13-23(30-20)29-14-15-8-10-16(11-9-15)26(32)33/h2-7,12-13,15-16,31H,8-11,14H2,1H3,(H,29,30)(H,32,33). The number of aromatic nitrogens is 1. The fourth-order valence-corrected chi connectivity index (χ4v) is 4.48. The van der Waals surface area contributed by atoms with Crippen LogP contribution in [-0.4, -0.2) is 34.8 Å². The molecule has 1 aromatic heterocycles. The summed E-state index contributed by atoms with van der Waals surface area (Å²) in [6.07, 6.45) is 2.78. The molecule has 0 atom stereocenters. The van der Waals surface area contributed by atoms with E-state index in [1.807, 2.05) is 0 Å². The summed E-state index contributed by atoms with van der Waals surface area (Å²) in [6, 6.07) is 11.5. The molecule has 0 amide bonds. The SMILES string of the molecule is COc1cccc(O)c1-c1cc(-c2c(F)cccc2F)cc(NCC2CCC(C(=O)O)CC2)n1. The van der Waals surface area contributed by atoms with Crippen molar-refractivity contribution in [2.24, 2.45) is 11.8 Å². The molecule has 0 aliphatic heterocycles. The van der Waals surface area contributed by atoms with E-state index in [2.05, 4.69) is 10.3 Å². The zero-order valence-electron chi connectivity index (χ0n) is 18.7. The molecule has 4 rings (SSSR count). The summed E-state index contributed by atoms with van der Waals surface area (Å²) < 4.78 is 34.6. The minimum atomic E-state index is -0.756. The third-order valence-corrected chi connectivity index (χ3v) is 6.32. The molecule has 34 heavy (non-hydrogen) atoms. The fourth-order valence-electron chi connectivity index (χ4n) is 4.48. The van der Waals surface area contributed by atoms with E-state index in [0.717, 1.165) is 12.8 Å². The van der Waals surface area contributed by atoms with Gasteiger partial charge < -0.3 is 20.3 Å². The number of nitrogens with zero attached hydrogens (tertiary/aromatic N) is 1. The quantitative estimate of drug-likeness (QED) is 0.411. The van der Waals surface area contributed by atoms with Crippen LogP contribution in [0.1, 0.15) is 25.7 Å². The number of anilines is 1. The molecule has 0 spiro atoms. The van der Waals surface area contributed by atoms with Crippen LogP contribution in [0.15, 0.2) is 48.5 Å². The van der Waals surface area contributed by atoms with E-state index < -0.39 is 17.6 Å². The number of benzene rings is 2. The zero-order valence-corrected chi connectivity index (χ0v) is 18.7. The third kappa shape index (κ3) is 4.95.